The van der Waals surface area contributed by atoms with E-state index < -0.39 is 18.0 Å². The Labute approximate surface area is 159 Å². The molecular formula is C18H13Cl2N3O3. The predicted molar refractivity (Wildman–Crippen MR) is 99.5 cm³/mol. The summed E-state index contributed by atoms with van der Waals surface area (Å²) in [4.78, 5) is 32.8. The van der Waals surface area contributed by atoms with E-state index in [1.165, 1.54) is 13.1 Å². The van der Waals surface area contributed by atoms with E-state index in [4.69, 9.17) is 27.9 Å². The van der Waals surface area contributed by atoms with Gasteiger partial charge in [0.15, 0.2) is 6.10 Å². The Morgan fingerprint density at radius 2 is 1.65 bits per heavy atom. The molecule has 0 saturated carbocycles. The van der Waals surface area contributed by atoms with Gasteiger partial charge in [0.1, 0.15) is 0 Å². The molecule has 0 aliphatic carbocycles. The number of amides is 1. The number of carbonyl (C=O) groups is 2. The Kier molecular flexibility index (Phi) is 5.35. The SMILES string of the molecule is C[C@@H](OC(=O)c1ccc2nccnc2c1)C(=O)Nc1cc(Cl)cc(Cl)c1. The van der Waals surface area contributed by atoms with E-state index in [2.05, 4.69) is 15.3 Å². The third-order valence-electron chi connectivity index (χ3n) is 3.49. The average molecular weight is 390 g/mol. The van der Waals surface area contributed by atoms with Crippen molar-refractivity contribution in [1.29, 1.82) is 0 Å². The molecular weight excluding hydrogens is 377 g/mol. The fraction of sp³-hybridized carbons (Fsp3) is 0.111. The summed E-state index contributed by atoms with van der Waals surface area (Å²) >= 11 is 11.8. The highest BCUT2D eigenvalue weighted by molar-refractivity contribution is 6.35. The molecule has 6 nitrogen and oxygen atoms in total. The summed E-state index contributed by atoms with van der Waals surface area (Å²) in [6.07, 6.45) is 2.08. The molecule has 0 aliphatic rings. The number of halogens is 2. The normalized spacial score (nSPS) is 11.8. The maximum atomic E-state index is 12.3. The van der Waals surface area contributed by atoms with Crippen LogP contribution in [0.5, 0.6) is 0 Å². The van der Waals surface area contributed by atoms with Gasteiger partial charge >= 0.3 is 5.97 Å². The minimum atomic E-state index is -1.02. The standard InChI is InChI=1S/C18H13Cl2N3O3/c1-10(17(24)23-14-8-12(19)7-13(20)9-14)26-18(25)11-2-3-15-16(6-11)22-5-4-21-15/h2-10H,1H3,(H,23,24)/t10-/m1/s1. The van der Waals surface area contributed by atoms with Gasteiger partial charge in [0.2, 0.25) is 0 Å². The molecule has 0 aliphatic heterocycles. The Hall–Kier alpha value is -2.70. The van der Waals surface area contributed by atoms with Crippen molar-refractivity contribution in [2.24, 2.45) is 0 Å². The molecule has 3 rings (SSSR count). The Bertz CT molecular complexity index is 974. The maximum Gasteiger partial charge on any atom is 0.338 e. The summed E-state index contributed by atoms with van der Waals surface area (Å²) in [5, 5.41) is 3.37. The van der Waals surface area contributed by atoms with Crippen molar-refractivity contribution >= 4 is 51.8 Å². The van der Waals surface area contributed by atoms with Gasteiger partial charge in [-0.3, -0.25) is 14.8 Å². The number of carbonyl (C=O) groups excluding carboxylic acids is 2. The number of rotatable bonds is 4. The van der Waals surface area contributed by atoms with Crippen molar-refractivity contribution in [3.05, 3.63) is 64.4 Å². The molecule has 26 heavy (non-hydrogen) atoms. The lowest BCUT2D eigenvalue weighted by molar-refractivity contribution is -0.123. The first-order valence-corrected chi connectivity index (χ1v) is 8.37. The van der Waals surface area contributed by atoms with Gasteiger partial charge in [-0.15, -0.1) is 0 Å². The monoisotopic (exact) mass is 389 g/mol. The fourth-order valence-corrected chi connectivity index (χ4v) is 2.77. The van der Waals surface area contributed by atoms with E-state index in [1.807, 2.05) is 0 Å². The smallest absolute Gasteiger partial charge is 0.338 e. The second-order valence-corrected chi connectivity index (χ2v) is 6.33. The van der Waals surface area contributed by atoms with Gasteiger partial charge in [0.25, 0.3) is 5.91 Å². The number of nitrogens with one attached hydrogen (secondary N) is 1. The molecule has 8 heteroatoms. The number of hydrogen-bond acceptors (Lipinski definition) is 5. The summed E-state index contributed by atoms with van der Waals surface area (Å²) in [6.45, 7) is 1.47. The molecule has 1 heterocycles. The highest BCUT2D eigenvalue weighted by atomic mass is 35.5. The lowest BCUT2D eigenvalue weighted by Gasteiger charge is -2.14. The summed E-state index contributed by atoms with van der Waals surface area (Å²) in [7, 11) is 0. The van der Waals surface area contributed by atoms with Gasteiger partial charge in [-0.1, -0.05) is 23.2 Å². The second-order valence-electron chi connectivity index (χ2n) is 5.45. The predicted octanol–water partition coefficient (Wildman–Crippen LogP) is 4.12. The average Bonchev–Trinajstić information content (AvgIpc) is 2.60. The van der Waals surface area contributed by atoms with E-state index in [1.54, 1.807) is 42.6 Å². The molecule has 2 aromatic carbocycles. The Morgan fingerprint density at radius 3 is 2.35 bits per heavy atom. The van der Waals surface area contributed by atoms with Crippen LogP contribution in [0.4, 0.5) is 5.69 Å². The molecule has 0 saturated heterocycles. The quantitative estimate of drug-likeness (QED) is 0.678. The van der Waals surface area contributed by atoms with E-state index in [0.717, 1.165) is 0 Å². The van der Waals surface area contributed by atoms with Crippen LogP contribution in [0.3, 0.4) is 0 Å². The van der Waals surface area contributed by atoms with Crippen LogP contribution in [-0.2, 0) is 9.53 Å². The third kappa shape index (κ3) is 4.28. The second kappa shape index (κ2) is 7.68. The van der Waals surface area contributed by atoms with Gasteiger partial charge in [-0.2, -0.15) is 0 Å². The largest absolute Gasteiger partial charge is 0.449 e. The van der Waals surface area contributed by atoms with E-state index >= 15 is 0 Å². The number of aromatic nitrogens is 2. The van der Waals surface area contributed by atoms with E-state index in [-0.39, 0.29) is 5.56 Å². The van der Waals surface area contributed by atoms with Gasteiger partial charge in [-0.25, -0.2) is 4.79 Å². The van der Waals surface area contributed by atoms with Crippen LogP contribution in [0.15, 0.2) is 48.8 Å². The molecule has 132 valence electrons. The number of fused-ring (bicyclic) bond motifs is 1. The minimum absolute atomic E-state index is 0.281. The van der Waals surface area contributed by atoms with Crippen LogP contribution < -0.4 is 5.32 Å². The molecule has 0 bridgehead atoms. The Balaban J connectivity index is 1.68. The Morgan fingerprint density at radius 1 is 1.00 bits per heavy atom. The molecule has 1 atom stereocenters. The maximum absolute atomic E-state index is 12.3. The molecule has 0 radical (unpaired) electrons. The number of benzene rings is 2. The van der Waals surface area contributed by atoms with Crippen LogP contribution in [0.25, 0.3) is 11.0 Å². The van der Waals surface area contributed by atoms with Gasteiger partial charge < -0.3 is 10.1 Å². The zero-order chi connectivity index (χ0) is 18.7. The highest BCUT2D eigenvalue weighted by Crippen LogP contribution is 2.22. The van der Waals surface area contributed by atoms with Crippen molar-refractivity contribution in [1.82, 2.24) is 9.97 Å². The first kappa shape index (κ1) is 18.1. The molecule has 1 N–H and O–H groups in total. The molecule has 0 unspecified atom stereocenters. The van der Waals surface area contributed by atoms with Gasteiger partial charge in [0, 0.05) is 28.1 Å². The minimum Gasteiger partial charge on any atom is -0.449 e. The van der Waals surface area contributed by atoms with Gasteiger partial charge in [-0.05, 0) is 43.3 Å². The molecule has 1 amide bonds. The highest BCUT2D eigenvalue weighted by Gasteiger charge is 2.19. The molecule has 1 aromatic heterocycles. The number of hydrogen-bond donors (Lipinski definition) is 1. The van der Waals surface area contributed by atoms with Crippen molar-refractivity contribution in [3.8, 4) is 0 Å². The fourth-order valence-electron chi connectivity index (χ4n) is 2.24. The van der Waals surface area contributed by atoms with Crippen LogP contribution in [0, 0.1) is 0 Å². The summed E-state index contributed by atoms with van der Waals surface area (Å²) in [5.74, 6) is -1.14. The van der Waals surface area contributed by atoms with Crippen LogP contribution in [0.1, 0.15) is 17.3 Å². The zero-order valence-electron chi connectivity index (χ0n) is 13.6. The van der Waals surface area contributed by atoms with Crippen molar-refractivity contribution in [3.63, 3.8) is 0 Å². The van der Waals surface area contributed by atoms with Crippen molar-refractivity contribution in [2.75, 3.05) is 5.32 Å². The van der Waals surface area contributed by atoms with E-state index in [0.29, 0.717) is 26.8 Å². The number of nitrogens with zero attached hydrogens (tertiary/aromatic N) is 2. The number of anilines is 1. The van der Waals surface area contributed by atoms with E-state index in [9.17, 15) is 9.59 Å². The van der Waals surface area contributed by atoms with Crippen LogP contribution >= 0.6 is 23.2 Å². The molecule has 0 fully saturated rings. The number of ether oxygens (including phenoxy) is 1. The summed E-state index contributed by atoms with van der Waals surface area (Å²) < 4.78 is 5.21. The number of esters is 1. The van der Waals surface area contributed by atoms with Crippen LogP contribution in [-0.4, -0.2) is 27.9 Å². The first-order valence-electron chi connectivity index (χ1n) is 7.61. The van der Waals surface area contributed by atoms with Gasteiger partial charge in [0.05, 0.1) is 16.6 Å². The summed E-state index contributed by atoms with van der Waals surface area (Å²) in [5.41, 5.74) is 1.92. The van der Waals surface area contributed by atoms with Crippen molar-refractivity contribution < 1.29 is 14.3 Å². The molecule has 0 spiro atoms. The third-order valence-corrected chi connectivity index (χ3v) is 3.92. The zero-order valence-corrected chi connectivity index (χ0v) is 15.1. The van der Waals surface area contributed by atoms with Crippen LogP contribution in [0.2, 0.25) is 10.0 Å². The topological polar surface area (TPSA) is 81.2 Å². The summed E-state index contributed by atoms with van der Waals surface area (Å²) in [6, 6.07) is 9.43. The molecule has 3 aromatic rings. The lowest BCUT2D eigenvalue weighted by atomic mass is 10.2. The van der Waals surface area contributed by atoms with Crippen molar-refractivity contribution in [2.45, 2.75) is 13.0 Å². The lowest BCUT2D eigenvalue weighted by Crippen LogP contribution is -2.30. The first-order chi connectivity index (χ1) is 12.4.